The molecule has 0 bridgehead atoms. The van der Waals surface area contributed by atoms with Gasteiger partial charge in [-0.3, -0.25) is 9.59 Å². The van der Waals surface area contributed by atoms with E-state index in [0.717, 1.165) is 4.90 Å². The highest BCUT2D eigenvalue weighted by atomic mass is 32.2. The molecule has 31 heavy (non-hydrogen) atoms. The number of benzene rings is 2. The summed E-state index contributed by atoms with van der Waals surface area (Å²) >= 11 is 1.23. The van der Waals surface area contributed by atoms with Crippen LogP contribution in [-0.2, 0) is 15.3 Å². The van der Waals surface area contributed by atoms with Gasteiger partial charge in [0.2, 0.25) is 0 Å². The number of nitrogens with zero attached hydrogens (tertiary/aromatic N) is 1. The number of amides is 2. The minimum atomic E-state index is -0.448. The predicted octanol–water partition coefficient (Wildman–Crippen LogP) is 5.42. The fourth-order valence-electron chi connectivity index (χ4n) is 3.23. The first-order chi connectivity index (χ1) is 14.9. The summed E-state index contributed by atoms with van der Waals surface area (Å²) in [4.78, 5) is 28.0. The Morgan fingerprint density at radius 2 is 1.71 bits per heavy atom. The van der Waals surface area contributed by atoms with Crippen LogP contribution in [0.2, 0.25) is 0 Å². The molecule has 1 aliphatic rings. The first-order valence-corrected chi connectivity index (χ1v) is 10.7. The first-order valence-electron chi connectivity index (χ1n) is 9.75. The Bertz CT molecular complexity index is 1120. The molecular formula is C24H20FNO4S. The summed E-state index contributed by atoms with van der Waals surface area (Å²) in [6, 6.07) is 15.9. The summed E-state index contributed by atoms with van der Waals surface area (Å²) in [6.45, 7) is 3.84. The fourth-order valence-corrected chi connectivity index (χ4v) is 4.25. The molecule has 0 saturated carbocycles. The third-order valence-electron chi connectivity index (χ3n) is 4.58. The van der Waals surface area contributed by atoms with Crippen LogP contribution in [0.25, 0.3) is 5.57 Å². The maximum atomic E-state index is 13.4. The Kier molecular flexibility index (Phi) is 5.95. The van der Waals surface area contributed by atoms with E-state index in [9.17, 15) is 14.0 Å². The van der Waals surface area contributed by atoms with Crippen molar-refractivity contribution in [2.24, 2.45) is 0 Å². The Morgan fingerprint density at radius 1 is 1.00 bits per heavy atom. The topological polar surface area (TPSA) is 59.8 Å². The van der Waals surface area contributed by atoms with E-state index in [0.29, 0.717) is 33.4 Å². The van der Waals surface area contributed by atoms with Gasteiger partial charge in [0.05, 0.1) is 34.3 Å². The lowest BCUT2D eigenvalue weighted by Gasteiger charge is -2.16. The standard InChI is InChI=1S/C24H20FNO4S/c1-15(2)30-19-11-9-18(10-12-19)26-23(27)21(16-5-7-17(25)8-6-16)22(24(26)28)31-14-20-4-3-13-29-20/h3-13,15H,14H2,1-2H3. The maximum absolute atomic E-state index is 13.4. The average molecular weight is 437 g/mol. The molecule has 0 saturated heterocycles. The second-order valence-electron chi connectivity index (χ2n) is 7.19. The van der Waals surface area contributed by atoms with E-state index in [4.69, 9.17) is 9.15 Å². The van der Waals surface area contributed by atoms with Crippen molar-refractivity contribution < 1.29 is 23.1 Å². The van der Waals surface area contributed by atoms with Gasteiger partial charge >= 0.3 is 0 Å². The van der Waals surface area contributed by atoms with Crippen molar-refractivity contribution in [3.63, 3.8) is 0 Å². The van der Waals surface area contributed by atoms with Crippen LogP contribution >= 0.6 is 11.8 Å². The molecule has 0 atom stereocenters. The van der Waals surface area contributed by atoms with Crippen LogP contribution in [0.4, 0.5) is 10.1 Å². The van der Waals surface area contributed by atoms with Crippen molar-refractivity contribution >= 4 is 34.8 Å². The van der Waals surface area contributed by atoms with E-state index in [1.165, 1.54) is 36.0 Å². The third kappa shape index (κ3) is 4.41. The molecule has 158 valence electrons. The van der Waals surface area contributed by atoms with E-state index >= 15 is 0 Å². The number of imide groups is 1. The number of ether oxygens (including phenoxy) is 1. The molecule has 5 nitrogen and oxygen atoms in total. The van der Waals surface area contributed by atoms with Crippen LogP contribution < -0.4 is 9.64 Å². The van der Waals surface area contributed by atoms with Crippen molar-refractivity contribution in [1.82, 2.24) is 0 Å². The van der Waals surface area contributed by atoms with E-state index in [-0.39, 0.29) is 11.7 Å². The van der Waals surface area contributed by atoms with Crippen molar-refractivity contribution in [2.75, 3.05) is 4.90 Å². The number of halogens is 1. The smallest absolute Gasteiger partial charge is 0.272 e. The molecule has 4 rings (SSSR count). The summed E-state index contributed by atoms with van der Waals surface area (Å²) in [5.74, 6) is 0.445. The second-order valence-corrected chi connectivity index (χ2v) is 8.17. The summed E-state index contributed by atoms with van der Waals surface area (Å²) in [5.41, 5.74) is 1.19. The monoisotopic (exact) mass is 437 g/mol. The van der Waals surface area contributed by atoms with Crippen LogP contribution in [0.15, 0.2) is 76.2 Å². The van der Waals surface area contributed by atoms with Crippen molar-refractivity contribution in [3.05, 3.63) is 89.0 Å². The molecular weight excluding hydrogens is 417 g/mol. The van der Waals surface area contributed by atoms with E-state index < -0.39 is 17.6 Å². The molecule has 1 aliphatic heterocycles. The van der Waals surface area contributed by atoms with Gasteiger partial charge in [0.15, 0.2) is 0 Å². The van der Waals surface area contributed by atoms with Gasteiger partial charge in [0.25, 0.3) is 11.8 Å². The van der Waals surface area contributed by atoms with Gasteiger partial charge in [-0.1, -0.05) is 12.1 Å². The molecule has 0 unspecified atom stereocenters. The molecule has 7 heteroatoms. The maximum Gasteiger partial charge on any atom is 0.272 e. The number of rotatable bonds is 7. The number of thioether (sulfide) groups is 1. The SMILES string of the molecule is CC(C)Oc1ccc(N2C(=O)C(SCc3ccco3)=C(c3ccc(F)cc3)C2=O)cc1. The zero-order valence-corrected chi connectivity index (χ0v) is 17.8. The number of anilines is 1. The fraction of sp³-hybridized carbons (Fsp3) is 0.167. The Balaban J connectivity index is 1.68. The highest BCUT2D eigenvalue weighted by Crippen LogP contribution is 2.40. The van der Waals surface area contributed by atoms with Gasteiger partial charge in [-0.25, -0.2) is 9.29 Å². The number of carbonyl (C=O) groups is 2. The molecule has 0 spiro atoms. The van der Waals surface area contributed by atoms with Crippen LogP contribution in [0.5, 0.6) is 5.75 Å². The number of carbonyl (C=O) groups excluding carboxylic acids is 2. The van der Waals surface area contributed by atoms with Crippen LogP contribution in [0.3, 0.4) is 0 Å². The van der Waals surface area contributed by atoms with Gasteiger partial charge in [-0.15, -0.1) is 11.8 Å². The van der Waals surface area contributed by atoms with E-state index in [2.05, 4.69) is 0 Å². The summed E-state index contributed by atoms with van der Waals surface area (Å²) in [5, 5.41) is 0. The minimum Gasteiger partial charge on any atom is -0.491 e. The van der Waals surface area contributed by atoms with Crippen LogP contribution in [-0.4, -0.2) is 17.9 Å². The Morgan fingerprint density at radius 3 is 2.32 bits per heavy atom. The van der Waals surface area contributed by atoms with Crippen molar-refractivity contribution in [2.45, 2.75) is 25.7 Å². The van der Waals surface area contributed by atoms with E-state index in [1.807, 2.05) is 13.8 Å². The van der Waals surface area contributed by atoms with Gasteiger partial charge < -0.3 is 9.15 Å². The van der Waals surface area contributed by atoms with Crippen LogP contribution in [0.1, 0.15) is 25.2 Å². The normalized spacial score (nSPS) is 14.1. The van der Waals surface area contributed by atoms with Gasteiger partial charge in [-0.2, -0.15) is 0 Å². The molecule has 1 aromatic heterocycles. The van der Waals surface area contributed by atoms with E-state index in [1.54, 1.807) is 42.7 Å². The summed E-state index contributed by atoms with van der Waals surface area (Å²) in [7, 11) is 0. The van der Waals surface area contributed by atoms with Crippen LogP contribution in [0, 0.1) is 5.82 Å². The lowest BCUT2D eigenvalue weighted by atomic mass is 10.1. The van der Waals surface area contributed by atoms with Crippen molar-refractivity contribution in [3.8, 4) is 5.75 Å². The molecule has 0 fully saturated rings. The second kappa shape index (κ2) is 8.81. The number of furan rings is 1. The summed E-state index contributed by atoms with van der Waals surface area (Å²) in [6.07, 6.45) is 1.57. The quantitative estimate of drug-likeness (QED) is 0.462. The molecule has 3 aromatic rings. The average Bonchev–Trinajstić information content (AvgIpc) is 3.34. The molecule has 0 radical (unpaired) electrons. The molecule has 0 aliphatic carbocycles. The summed E-state index contributed by atoms with van der Waals surface area (Å²) < 4.78 is 24.4. The van der Waals surface area contributed by atoms with Gasteiger partial charge in [0.1, 0.15) is 17.3 Å². The lowest BCUT2D eigenvalue weighted by molar-refractivity contribution is -0.119. The highest BCUT2D eigenvalue weighted by molar-refractivity contribution is 8.03. The molecule has 2 heterocycles. The zero-order chi connectivity index (χ0) is 22.0. The number of hydrogen-bond acceptors (Lipinski definition) is 5. The Labute approximate surface area is 183 Å². The van der Waals surface area contributed by atoms with Gasteiger partial charge in [-0.05, 0) is 67.9 Å². The Hall–Kier alpha value is -3.32. The number of hydrogen-bond donors (Lipinski definition) is 0. The molecule has 0 N–H and O–H groups in total. The molecule has 2 aromatic carbocycles. The van der Waals surface area contributed by atoms with Gasteiger partial charge in [0, 0.05) is 0 Å². The lowest BCUT2D eigenvalue weighted by Crippen LogP contribution is -2.31. The zero-order valence-electron chi connectivity index (χ0n) is 17.0. The first kappa shape index (κ1) is 20.9. The minimum absolute atomic E-state index is 0.0113. The molecule has 2 amide bonds. The van der Waals surface area contributed by atoms with Crippen molar-refractivity contribution in [1.29, 1.82) is 0 Å². The highest BCUT2D eigenvalue weighted by Gasteiger charge is 2.40. The third-order valence-corrected chi connectivity index (χ3v) is 5.68. The largest absolute Gasteiger partial charge is 0.491 e. The predicted molar refractivity (Wildman–Crippen MR) is 118 cm³/mol.